The molecular weight excluding hydrogens is 402 g/mol. The van der Waals surface area contributed by atoms with E-state index in [-0.39, 0.29) is 5.91 Å². The van der Waals surface area contributed by atoms with E-state index in [9.17, 15) is 4.79 Å². The normalized spacial score (nSPS) is 18.6. The molecule has 0 fully saturated rings. The number of amides is 1. The highest BCUT2D eigenvalue weighted by Crippen LogP contribution is 2.32. The van der Waals surface area contributed by atoms with E-state index in [1.807, 2.05) is 26.1 Å². The molecule has 4 heterocycles. The summed E-state index contributed by atoms with van der Waals surface area (Å²) in [6.45, 7) is 5.55. The number of para-hydroxylation sites is 1. The number of carbonyl (C=O) groups is 1. The van der Waals surface area contributed by atoms with Crippen molar-refractivity contribution in [3.05, 3.63) is 59.4 Å². The Kier molecular flexibility index (Phi) is 5.25. The molecule has 2 bridgehead atoms. The van der Waals surface area contributed by atoms with Gasteiger partial charge in [0.25, 0.3) is 5.91 Å². The number of ether oxygens (including phenoxy) is 1. The fraction of sp³-hybridized carbons (Fsp3) is 0.360. The third-order valence-electron chi connectivity index (χ3n) is 6.11. The maximum Gasteiger partial charge on any atom is 0.278 e. The molecule has 5 rings (SSSR count). The number of benzene rings is 1. The van der Waals surface area contributed by atoms with Crippen molar-refractivity contribution in [3.63, 3.8) is 0 Å². The van der Waals surface area contributed by atoms with Crippen LogP contribution in [0.5, 0.6) is 5.88 Å². The zero-order valence-electron chi connectivity index (χ0n) is 18.7. The molecule has 0 N–H and O–H groups in total. The lowest BCUT2D eigenvalue weighted by molar-refractivity contribution is 0.100. The summed E-state index contributed by atoms with van der Waals surface area (Å²) in [4.78, 5) is 24.7. The first-order valence-corrected chi connectivity index (χ1v) is 11.1. The fourth-order valence-corrected chi connectivity index (χ4v) is 4.52. The molecule has 3 aromatic rings. The molecule has 2 aromatic heterocycles. The van der Waals surface area contributed by atoms with Gasteiger partial charge in [-0.1, -0.05) is 25.1 Å². The Hall–Kier alpha value is -3.48. The van der Waals surface area contributed by atoms with Crippen LogP contribution in [0, 0.1) is 12.8 Å². The number of nitrogens with zero attached hydrogens (tertiary/aromatic N) is 5. The molecule has 32 heavy (non-hydrogen) atoms. The first kappa shape index (κ1) is 20.4. The van der Waals surface area contributed by atoms with Gasteiger partial charge < -0.3 is 9.64 Å². The van der Waals surface area contributed by atoms with E-state index < -0.39 is 0 Å². The first-order chi connectivity index (χ1) is 15.5. The second-order valence-electron chi connectivity index (χ2n) is 8.71. The Labute approximate surface area is 187 Å². The Morgan fingerprint density at radius 2 is 2.03 bits per heavy atom. The lowest BCUT2D eigenvalue weighted by atomic mass is 10.1. The van der Waals surface area contributed by atoms with Gasteiger partial charge in [-0.05, 0) is 49.4 Å². The van der Waals surface area contributed by atoms with Crippen LogP contribution >= 0.6 is 0 Å². The standard InChI is InChI=1S/C25H27N5O2/c1-16-7-6-10-32-25-20(14-26-29(25)3)21-12-19(11-17(2)27-21)24(31)28-23-13-18-8-4-5-9-22(18)30(23)15-16/h4-5,8-9,11-12,14,16H,6-7,10,13,15H2,1-3H3/t16-/m1/s1. The van der Waals surface area contributed by atoms with Gasteiger partial charge in [-0.2, -0.15) is 10.1 Å². The molecule has 0 radical (unpaired) electrons. The summed E-state index contributed by atoms with van der Waals surface area (Å²) < 4.78 is 7.84. The number of hydrogen-bond donors (Lipinski definition) is 0. The van der Waals surface area contributed by atoms with Gasteiger partial charge in [0.1, 0.15) is 5.84 Å². The molecule has 164 valence electrons. The number of carbonyl (C=O) groups excluding carboxylic acids is 1. The van der Waals surface area contributed by atoms with Crippen LogP contribution in [0.2, 0.25) is 0 Å². The SMILES string of the molecule is Cc1cc2cc(n1)-c1cnn(C)c1OCCC[C@@H](C)CN1C(=NC2=O)Cc2ccccc21. The molecule has 1 aromatic carbocycles. The monoisotopic (exact) mass is 429 g/mol. The topological polar surface area (TPSA) is 72.6 Å². The van der Waals surface area contributed by atoms with E-state index in [0.717, 1.165) is 42.2 Å². The minimum atomic E-state index is -0.251. The summed E-state index contributed by atoms with van der Waals surface area (Å²) in [5, 5.41) is 4.36. The number of anilines is 1. The van der Waals surface area contributed by atoms with Gasteiger partial charge in [0, 0.05) is 37.0 Å². The van der Waals surface area contributed by atoms with Crippen molar-refractivity contribution in [2.24, 2.45) is 18.0 Å². The van der Waals surface area contributed by atoms with Crippen LogP contribution in [-0.2, 0) is 13.5 Å². The van der Waals surface area contributed by atoms with Gasteiger partial charge in [-0.3, -0.25) is 9.78 Å². The second kappa shape index (κ2) is 8.22. The Balaban J connectivity index is 1.60. The second-order valence-corrected chi connectivity index (χ2v) is 8.71. The minimum absolute atomic E-state index is 0.251. The number of pyridine rings is 1. The molecule has 7 heteroatoms. The molecule has 0 aliphatic carbocycles. The number of rotatable bonds is 0. The highest BCUT2D eigenvalue weighted by Gasteiger charge is 2.28. The van der Waals surface area contributed by atoms with Crippen LogP contribution in [0.1, 0.15) is 41.4 Å². The summed E-state index contributed by atoms with van der Waals surface area (Å²) in [5.41, 5.74) is 5.10. The van der Waals surface area contributed by atoms with Gasteiger partial charge in [0.15, 0.2) is 0 Å². The molecule has 1 amide bonds. The van der Waals surface area contributed by atoms with Gasteiger partial charge in [0.05, 0.1) is 24.1 Å². The number of fused-ring (bicyclic) bond motifs is 7. The average molecular weight is 430 g/mol. The van der Waals surface area contributed by atoms with Crippen LogP contribution in [0.3, 0.4) is 0 Å². The van der Waals surface area contributed by atoms with Gasteiger partial charge in [-0.15, -0.1) is 0 Å². The summed E-state index contributed by atoms with van der Waals surface area (Å²) >= 11 is 0. The highest BCUT2D eigenvalue weighted by molar-refractivity contribution is 6.12. The van der Waals surface area contributed by atoms with Crippen molar-refractivity contribution in [2.75, 3.05) is 18.1 Å². The van der Waals surface area contributed by atoms with E-state index in [1.54, 1.807) is 23.0 Å². The zero-order valence-corrected chi connectivity index (χ0v) is 18.7. The fourth-order valence-electron chi connectivity index (χ4n) is 4.52. The highest BCUT2D eigenvalue weighted by atomic mass is 16.5. The summed E-state index contributed by atoms with van der Waals surface area (Å²) in [7, 11) is 1.86. The third-order valence-corrected chi connectivity index (χ3v) is 6.11. The lowest BCUT2D eigenvalue weighted by Crippen LogP contribution is -2.32. The maximum atomic E-state index is 13.3. The maximum absolute atomic E-state index is 13.3. The van der Waals surface area contributed by atoms with Gasteiger partial charge in [0.2, 0.25) is 5.88 Å². The van der Waals surface area contributed by atoms with E-state index in [1.165, 1.54) is 5.56 Å². The molecule has 0 unspecified atom stereocenters. The molecular formula is C25H27N5O2. The number of amidine groups is 1. The smallest absolute Gasteiger partial charge is 0.278 e. The zero-order chi connectivity index (χ0) is 22.2. The molecule has 2 aliphatic heterocycles. The van der Waals surface area contributed by atoms with Crippen LogP contribution in [0.25, 0.3) is 11.3 Å². The molecule has 0 spiro atoms. The van der Waals surface area contributed by atoms with Gasteiger partial charge >= 0.3 is 0 Å². The van der Waals surface area contributed by atoms with Crippen LogP contribution < -0.4 is 9.64 Å². The van der Waals surface area contributed by atoms with E-state index in [0.29, 0.717) is 36.1 Å². The first-order valence-electron chi connectivity index (χ1n) is 11.1. The van der Waals surface area contributed by atoms with Crippen molar-refractivity contribution in [1.82, 2.24) is 14.8 Å². The van der Waals surface area contributed by atoms with Crippen molar-refractivity contribution in [2.45, 2.75) is 33.1 Å². The average Bonchev–Trinajstić information content (AvgIpc) is 3.30. The lowest BCUT2D eigenvalue weighted by Gasteiger charge is -2.24. The Morgan fingerprint density at radius 3 is 2.91 bits per heavy atom. The van der Waals surface area contributed by atoms with Crippen LogP contribution in [-0.4, -0.2) is 39.7 Å². The predicted molar refractivity (Wildman–Crippen MR) is 124 cm³/mol. The summed E-state index contributed by atoms with van der Waals surface area (Å²) in [6, 6.07) is 11.9. The molecule has 0 saturated carbocycles. The number of aromatic nitrogens is 3. The minimum Gasteiger partial charge on any atom is -0.477 e. The Bertz CT molecular complexity index is 1210. The van der Waals surface area contributed by atoms with E-state index in [4.69, 9.17) is 4.74 Å². The third kappa shape index (κ3) is 3.79. The number of hydrogen-bond acceptors (Lipinski definition) is 5. The van der Waals surface area contributed by atoms with Crippen molar-refractivity contribution < 1.29 is 9.53 Å². The van der Waals surface area contributed by atoms with Gasteiger partial charge in [-0.25, -0.2) is 4.68 Å². The van der Waals surface area contributed by atoms with Crippen LogP contribution in [0.15, 0.2) is 47.6 Å². The quantitative estimate of drug-likeness (QED) is 0.536. The van der Waals surface area contributed by atoms with Crippen molar-refractivity contribution in [3.8, 4) is 17.1 Å². The van der Waals surface area contributed by atoms with E-state index in [2.05, 4.69) is 39.0 Å². The summed E-state index contributed by atoms with van der Waals surface area (Å²) in [5.74, 6) is 1.65. The van der Waals surface area contributed by atoms with Crippen LogP contribution in [0.4, 0.5) is 5.69 Å². The molecule has 1 atom stereocenters. The molecule has 7 nitrogen and oxygen atoms in total. The van der Waals surface area contributed by atoms with Crippen molar-refractivity contribution in [1.29, 1.82) is 0 Å². The largest absolute Gasteiger partial charge is 0.477 e. The predicted octanol–water partition coefficient (Wildman–Crippen LogP) is 4.20. The Morgan fingerprint density at radius 1 is 1.19 bits per heavy atom. The molecule has 2 aliphatic rings. The summed E-state index contributed by atoms with van der Waals surface area (Å²) in [6.07, 6.45) is 4.35. The van der Waals surface area contributed by atoms with E-state index >= 15 is 0 Å². The van der Waals surface area contributed by atoms with Crippen molar-refractivity contribution >= 4 is 17.4 Å². The molecule has 0 saturated heterocycles. The number of aliphatic imine (C=N–C) groups is 1. The number of aryl methyl sites for hydroxylation is 2.